The molecule has 1 aromatic rings. The third-order valence-electron chi connectivity index (χ3n) is 3.72. The van der Waals surface area contributed by atoms with Gasteiger partial charge < -0.3 is 15.4 Å². The van der Waals surface area contributed by atoms with Crippen LogP contribution in [0.3, 0.4) is 0 Å². The SMILES string of the molecule is CCc1cc(NC(=O)C2(COC)CCNCC2)n[nH]1. The van der Waals surface area contributed by atoms with Crippen LogP contribution in [0.5, 0.6) is 0 Å². The molecule has 1 fully saturated rings. The second-order valence-electron chi connectivity index (χ2n) is 5.05. The lowest BCUT2D eigenvalue weighted by atomic mass is 9.78. The number of ether oxygens (including phenoxy) is 1. The number of carbonyl (C=O) groups excluding carboxylic acids is 1. The molecule has 0 atom stereocenters. The van der Waals surface area contributed by atoms with Crippen molar-refractivity contribution in [2.24, 2.45) is 5.41 Å². The van der Waals surface area contributed by atoms with Crippen LogP contribution in [0.4, 0.5) is 5.82 Å². The number of nitrogens with one attached hydrogen (secondary N) is 3. The van der Waals surface area contributed by atoms with E-state index in [2.05, 4.69) is 20.8 Å². The second-order valence-corrected chi connectivity index (χ2v) is 5.05. The number of hydrogen-bond donors (Lipinski definition) is 3. The van der Waals surface area contributed by atoms with Gasteiger partial charge in [0.1, 0.15) is 0 Å². The van der Waals surface area contributed by atoms with Crippen molar-refractivity contribution in [1.29, 1.82) is 0 Å². The summed E-state index contributed by atoms with van der Waals surface area (Å²) in [4.78, 5) is 12.5. The fraction of sp³-hybridized carbons (Fsp3) is 0.692. The van der Waals surface area contributed by atoms with Crippen LogP contribution in [0.2, 0.25) is 0 Å². The molecule has 2 rings (SSSR count). The molecular formula is C13H22N4O2. The molecule has 2 heterocycles. The van der Waals surface area contributed by atoms with Gasteiger partial charge >= 0.3 is 0 Å². The number of aromatic nitrogens is 2. The Hall–Kier alpha value is -1.40. The quantitative estimate of drug-likeness (QED) is 0.740. The topological polar surface area (TPSA) is 79.0 Å². The van der Waals surface area contributed by atoms with Crippen molar-refractivity contribution in [1.82, 2.24) is 15.5 Å². The van der Waals surface area contributed by atoms with E-state index in [1.54, 1.807) is 7.11 Å². The molecule has 0 saturated carbocycles. The third-order valence-corrected chi connectivity index (χ3v) is 3.72. The highest BCUT2D eigenvalue weighted by molar-refractivity contribution is 5.94. The molecule has 1 saturated heterocycles. The van der Waals surface area contributed by atoms with Crippen LogP contribution < -0.4 is 10.6 Å². The lowest BCUT2D eigenvalue weighted by Crippen LogP contribution is -2.47. The molecule has 1 amide bonds. The lowest BCUT2D eigenvalue weighted by molar-refractivity contribution is -0.130. The van der Waals surface area contributed by atoms with Crippen molar-refractivity contribution in [2.75, 3.05) is 32.1 Å². The number of methoxy groups -OCH3 is 1. The minimum atomic E-state index is -0.439. The first-order valence-corrected chi connectivity index (χ1v) is 6.75. The van der Waals surface area contributed by atoms with E-state index in [4.69, 9.17) is 4.74 Å². The van der Waals surface area contributed by atoms with Crippen LogP contribution in [0, 0.1) is 5.41 Å². The number of piperidine rings is 1. The zero-order valence-corrected chi connectivity index (χ0v) is 11.6. The van der Waals surface area contributed by atoms with E-state index in [9.17, 15) is 4.79 Å². The van der Waals surface area contributed by atoms with E-state index < -0.39 is 5.41 Å². The maximum absolute atomic E-state index is 12.5. The molecule has 0 aromatic carbocycles. The molecule has 19 heavy (non-hydrogen) atoms. The van der Waals surface area contributed by atoms with E-state index in [0.717, 1.165) is 38.0 Å². The first-order chi connectivity index (χ1) is 9.20. The number of anilines is 1. The second kappa shape index (κ2) is 6.16. The molecule has 6 nitrogen and oxygen atoms in total. The zero-order valence-electron chi connectivity index (χ0n) is 11.6. The van der Waals surface area contributed by atoms with Gasteiger partial charge in [-0.05, 0) is 32.4 Å². The molecule has 0 unspecified atom stereocenters. The van der Waals surface area contributed by atoms with E-state index >= 15 is 0 Å². The predicted octanol–water partition coefficient (Wildman–Crippen LogP) is 0.927. The number of carbonyl (C=O) groups is 1. The molecule has 3 N–H and O–H groups in total. The Kier molecular flexibility index (Phi) is 4.55. The number of H-pyrrole nitrogens is 1. The molecule has 1 aliphatic heterocycles. The summed E-state index contributed by atoms with van der Waals surface area (Å²) < 4.78 is 5.25. The van der Waals surface area contributed by atoms with Crippen LogP contribution in [-0.4, -0.2) is 42.9 Å². The monoisotopic (exact) mass is 266 g/mol. The fourth-order valence-electron chi connectivity index (χ4n) is 2.47. The standard InChI is InChI=1S/C13H22N4O2/c1-3-10-8-11(17-16-10)15-12(18)13(9-19-2)4-6-14-7-5-13/h8,14H,3-7,9H2,1-2H3,(H2,15,16,17,18). The maximum atomic E-state index is 12.5. The minimum absolute atomic E-state index is 0.00463. The maximum Gasteiger partial charge on any atom is 0.234 e. The minimum Gasteiger partial charge on any atom is -0.384 e. The Morgan fingerprint density at radius 3 is 2.84 bits per heavy atom. The van der Waals surface area contributed by atoms with Crippen molar-refractivity contribution in [2.45, 2.75) is 26.2 Å². The molecule has 0 radical (unpaired) electrons. The van der Waals surface area contributed by atoms with Crippen molar-refractivity contribution in [3.63, 3.8) is 0 Å². The van der Waals surface area contributed by atoms with Gasteiger partial charge in [0.2, 0.25) is 5.91 Å². The van der Waals surface area contributed by atoms with Crippen LogP contribution in [-0.2, 0) is 16.0 Å². The molecule has 0 spiro atoms. The summed E-state index contributed by atoms with van der Waals surface area (Å²) in [6, 6.07) is 1.87. The Morgan fingerprint density at radius 2 is 2.26 bits per heavy atom. The van der Waals surface area contributed by atoms with Gasteiger partial charge in [0, 0.05) is 18.9 Å². The van der Waals surface area contributed by atoms with Gasteiger partial charge in [-0.15, -0.1) is 0 Å². The summed E-state index contributed by atoms with van der Waals surface area (Å²) in [6.45, 7) is 4.18. The van der Waals surface area contributed by atoms with Gasteiger partial charge in [-0.25, -0.2) is 0 Å². The van der Waals surface area contributed by atoms with Gasteiger partial charge in [-0.3, -0.25) is 9.89 Å². The van der Waals surface area contributed by atoms with Gasteiger partial charge in [0.15, 0.2) is 5.82 Å². The van der Waals surface area contributed by atoms with Crippen LogP contribution >= 0.6 is 0 Å². The van der Waals surface area contributed by atoms with Gasteiger partial charge in [-0.1, -0.05) is 6.92 Å². The Bertz CT molecular complexity index is 419. The number of amides is 1. The van der Waals surface area contributed by atoms with E-state index in [-0.39, 0.29) is 5.91 Å². The Morgan fingerprint density at radius 1 is 1.53 bits per heavy atom. The van der Waals surface area contributed by atoms with E-state index in [1.807, 2.05) is 13.0 Å². The number of nitrogens with zero attached hydrogens (tertiary/aromatic N) is 1. The molecule has 1 aliphatic rings. The van der Waals surface area contributed by atoms with Crippen molar-refractivity contribution >= 4 is 11.7 Å². The lowest BCUT2D eigenvalue weighted by Gasteiger charge is -2.35. The average Bonchev–Trinajstić information content (AvgIpc) is 2.88. The average molecular weight is 266 g/mol. The highest BCUT2D eigenvalue weighted by Crippen LogP contribution is 2.30. The highest BCUT2D eigenvalue weighted by Gasteiger charge is 2.39. The van der Waals surface area contributed by atoms with E-state index in [0.29, 0.717) is 12.4 Å². The molecular weight excluding hydrogens is 244 g/mol. The molecule has 6 heteroatoms. The largest absolute Gasteiger partial charge is 0.384 e. The van der Waals surface area contributed by atoms with E-state index in [1.165, 1.54) is 0 Å². The normalized spacial score (nSPS) is 18.2. The summed E-state index contributed by atoms with van der Waals surface area (Å²) >= 11 is 0. The molecule has 0 aliphatic carbocycles. The van der Waals surface area contributed by atoms with Crippen molar-refractivity contribution < 1.29 is 9.53 Å². The summed E-state index contributed by atoms with van der Waals surface area (Å²) in [5.74, 6) is 0.598. The highest BCUT2D eigenvalue weighted by atomic mass is 16.5. The molecule has 0 bridgehead atoms. The summed E-state index contributed by atoms with van der Waals surface area (Å²) in [5, 5.41) is 13.2. The third kappa shape index (κ3) is 3.13. The smallest absolute Gasteiger partial charge is 0.234 e. The van der Waals surface area contributed by atoms with Crippen LogP contribution in [0.15, 0.2) is 6.07 Å². The summed E-state index contributed by atoms with van der Waals surface area (Å²) in [5.41, 5.74) is 0.576. The number of hydrogen-bond acceptors (Lipinski definition) is 4. The predicted molar refractivity (Wildman–Crippen MR) is 73.0 cm³/mol. The van der Waals surface area contributed by atoms with Crippen molar-refractivity contribution in [3.8, 4) is 0 Å². The first kappa shape index (κ1) is 14.0. The molecule has 106 valence electrons. The van der Waals surface area contributed by atoms with Crippen LogP contribution in [0.25, 0.3) is 0 Å². The number of aromatic amines is 1. The Balaban J connectivity index is 2.06. The molecule has 1 aromatic heterocycles. The summed E-state index contributed by atoms with van der Waals surface area (Å²) in [7, 11) is 1.64. The van der Waals surface area contributed by atoms with Crippen LogP contribution in [0.1, 0.15) is 25.5 Å². The number of rotatable bonds is 5. The first-order valence-electron chi connectivity index (χ1n) is 6.75. The number of aryl methyl sites for hydroxylation is 1. The van der Waals surface area contributed by atoms with Gasteiger partial charge in [-0.2, -0.15) is 5.10 Å². The zero-order chi connectivity index (χ0) is 13.7. The Labute approximate surface area is 113 Å². The van der Waals surface area contributed by atoms with Gasteiger partial charge in [0.25, 0.3) is 0 Å². The summed E-state index contributed by atoms with van der Waals surface area (Å²) in [6.07, 6.45) is 2.45. The van der Waals surface area contributed by atoms with Crippen molar-refractivity contribution in [3.05, 3.63) is 11.8 Å². The fourth-order valence-corrected chi connectivity index (χ4v) is 2.47. The van der Waals surface area contributed by atoms with Gasteiger partial charge in [0.05, 0.1) is 12.0 Å².